The van der Waals surface area contributed by atoms with Gasteiger partial charge in [-0.05, 0) is 25.3 Å². The van der Waals surface area contributed by atoms with E-state index in [1.807, 2.05) is 6.07 Å². The number of aromatic nitrogens is 3. The Labute approximate surface area is 164 Å². The fourth-order valence-electron chi connectivity index (χ4n) is 3.68. The van der Waals surface area contributed by atoms with Gasteiger partial charge in [-0.25, -0.2) is 15.0 Å². The maximum Gasteiger partial charge on any atom is 0.255 e. The van der Waals surface area contributed by atoms with Crippen molar-refractivity contribution in [3.63, 3.8) is 0 Å². The van der Waals surface area contributed by atoms with Crippen molar-refractivity contribution in [1.29, 1.82) is 0 Å². The normalized spacial score (nSPS) is 19.5. The molecule has 2 aromatic rings. The van der Waals surface area contributed by atoms with E-state index in [-0.39, 0.29) is 12.0 Å². The highest BCUT2D eigenvalue weighted by molar-refractivity contribution is 5.94. The number of piperidine rings is 1. The highest BCUT2D eigenvalue weighted by Gasteiger charge is 2.29. The molecule has 0 saturated carbocycles. The smallest absolute Gasteiger partial charge is 0.255 e. The lowest BCUT2D eigenvalue weighted by atomic mass is 10.1. The Balaban J connectivity index is 1.36. The fourth-order valence-corrected chi connectivity index (χ4v) is 3.68. The molecule has 0 spiro atoms. The summed E-state index contributed by atoms with van der Waals surface area (Å²) in [6.07, 6.45) is 7.48. The van der Waals surface area contributed by atoms with Crippen LogP contribution in [0.2, 0.25) is 0 Å². The minimum atomic E-state index is -0.0701. The molecule has 1 amide bonds. The molecule has 2 fully saturated rings. The standard InChI is InChI=1S/C20H25N5O3/c1-27-18-6-5-15(12-21-18)20(26)25-10-7-16(13-25)28-19-11-17(22-14-23-19)24-8-3-2-4-9-24/h5-6,11-12,14,16H,2-4,7-10,13H2,1H3. The van der Waals surface area contributed by atoms with Crippen LogP contribution < -0.4 is 14.4 Å². The second kappa shape index (κ2) is 8.41. The van der Waals surface area contributed by atoms with Gasteiger partial charge >= 0.3 is 0 Å². The average molecular weight is 383 g/mol. The molecule has 0 radical (unpaired) electrons. The van der Waals surface area contributed by atoms with Crippen LogP contribution in [0.4, 0.5) is 5.82 Å². The van der Waals surface area contributed by atoms with Crippen LogP contribution in [-0.4, -0.2) is 65.2 Å². The maximum absolute atomic E-state index is 12.7. The van der Waals surface area contributed by atoms with Crippen molar-refractivity contribution in [1.82, 2.24) is 19.9 Å². The molecule has 28 heavy (non-hydrogen) atoms. The number of nitrogens with zero attached hydrogens (tertiary/aromatic N) is 5. The van der Waals surface area contributed by atoms with Gasteiger partial charge in [-0.1, -0.05) is 0 Å². The van der Waals surface area contributed by atoms with Crippen molar-refractivity contribution < 1.29 is 14.3 Å². The Morgan fingerprint density at radius 3 is 2.68 bits per heavy atom. The number of likely N-dealkylation sites (tertiary alicyclic amines) is 1. The summed E-state index contributed by atoms with van der Waals surface area (Å²) in [6.45, 7) is 3.24. The quantitative estimate of drug-likeness (QED) is 0.783. The summed E-state index contributed by atoms with van der Waals surface area (Å²) in [5, 5.41) is 0. The summed E-state index contributed by atoms with van der Waals surface area (Å²) in [5.41, 5.74) is 0.552. The van der Waals surface area contributed by atoms with E-state index >= 15 is 0 Å². The lowest BCUT2D eigenvalue weighted by Gasteiger charge is -2.27. The molecule has 4 rings (SSSR count). The Kier molecular flexibility index (Phi) is 5.55. The van der Waals surface area contributed by atoms with E-state index < -0.39 is 0 Å². The summed E-state index contributed by atoms with van der Waals surface area (Å²) in [7, 11) is 1.55. The molecule has 148 valence electrons. The lowest BCUT2D eigenvalue weighted by molar-refractivity contribution is 0.0770. The van der Waals surface area contributed by atoms with E-state index in [2.05, 4.69) is 19.9 Å². The van der Waals surface area contributed by atoms with Gasteiger partial charge in [0.1, 0.15) is 18.2 Å². The molecule has 8 nitrogen and oxygen atoms in total. The van der Waals surface area contributed by atoms with Gasteiger partial charge in [-0.15, -0.1) is 0 Å². The van der Waals surface area contributed by atoms with Crippen molar-refractivity contribution in [2.75, 3.05) is 38.2 Å². The Bertz CT molecular complexity index is 808. The summed E-state index contributed by atoms with van der Waals surface area (Å²) in [4.78, 5) is 29.5. The van der Waals surface area contributed by atoms with E-state index in [1.165, 1.54) is 19.3 Å². The first-order valence-corrected chi connectivity index (χ1v) is 9.76. The number of ether oxygens (including phenoxy) is 2. The van der Waals surface area contributed by atoms with Crippen LogP contribution in [0.25, 0.3) is 0 Å². The van der Waals surface area contributed by atoms with Gasteiger partial charge in [-0.2, -0.15) is 0 Å². The predicted molar refractivity (Wildman–Crippen MR) is 104 cm³/mol. The molecule has 1 atom stereocenters. The lowest BCUT2D eigenvalue weighted by Crippen LogP contribution is -2.31. The van der Waals surface area contributed by atoms with Crippen LogP contribution in [-0.2, 0) is 0 Å². The second-order valence-corrected chi connectivity index (χ2v) is 7.13. The Morgan fingerprint density at radius 1 is 1.07 bits per heavy atom. The number of hydrogen-bond donors (Lipinski definition) is 0. The molecular formula is C20H25N5O3. The highest BCUT2D eigenvalue weighted by atomic mass is 16.5. The molecule has 8 heteroatoms. The first kappa shape index (κ1) is 18.5. The van der Waals surface area contributed by atoms with Crippen molar-refractivity contribution in [3.8, 4) is 11.8 Å². The molecule has 0 aromatic carbocycles. The zero-order valence-electron chi connectivity index (χ0n) is 16.1. The van der Waals surface area contributed by atoms with Gasteiger partial charge in [0.25, 0.3) is 5.91 Å². The number of methoxy groups -OCH3 is 1. The summed E-state index contributed by atoms with van der Waals surface area (Å²) >= 11 is 0. The SMILES string of the molecule is COc1ccc(C(=O)N2CCC(Oc3cc(N4CCCCC4)ncn3)C2)cn1. The van der Waals surface area contributed by atoms with Crippen LogP contribution in [0.1, 0.15) is 36.0 Å². The van der Waals surface area contributed by atoms with Gasteiger partial charge in [0.2, 0.25) is 11.8 Å². The number of anilines is 1. The fraction of sp³-hybridized carbons (Fsp3) is 0.500. The van der Waals surface area contributed by atoms with Gasteiger partial charge in [0.05, 0.1) is 19.2 Å². The van der Waals surface area contributed by atoms with Crippen molar-refractivity contribution >= 4 is 11.7 Å². The van der Waals surface area contributed by atoms with Gasteiger partial charge in [0.15, 0.2) is 0 Å². The van der Waals surface area contributed by atoms with E-state index in [0.29, 0.717) is 30.4 Å². The average Bonchev–Trinajstić information content (AvgIpc) is 3.22. The van der Waals surface area contributed by atoms with Crippen LogP contribution in [0.15, 0.2) is 30.7 Å². The van der Waals surface area contributed by atoms with Crippen LogP contribution in [0, 0.1) is 0 Å². The van der Waals surface area contributed by atoms with Crippen LogP contribution in [0.3, 0.4) is 0 Å². The molecule has 2 aliphatic rings. The third-order valence-electron chi connectivity index (χ3n) is 5.22. The zero-order valence-corrected chi connectivity index (χ0v) is 16.1. The van der Waals surface area contributed by atoms with Crippen molar-refractivity contribution in [2.45, 2.75) is 31.8 Å². The Hall–Kier alpha value is -2.90. The Morgan fingerprint density at radius 2 is 1.93 bits per heavy atom. The molecule has 2 saturated heterocycles. The monoisotopic (exact) mass is 383 g/mol. The molecule has 0 bridgehead atoms. The highest BCUT2D eigenvalue weighted by Crippen LogP contribution is 2.23. The minimum absolute atomic E-state index is 0.0436. The maximum atomic E-state index is 12.7. The van der Waals surface area contributed by atoms with E-state index in [0.717, 1.165) is 25.3 Å². The molecule has 0 aliphatic carbocycles. The zero-order chi connectivity index (χ0) is 19.3. The molecular weight excluding hydrogens is 358 g/mol. The van der Waals surface area contributed by atoms with Crippen molar-refractivity contribution in [2.24, 2.45) is 0 Å². The van der Waals surface area contributed by atoms with Crippen LogP contribution >= 0.6 is 0 Å². The first-order valence-electron chi connectivity index (χ1n) is 9.76. The molecule has 4 heterocycles. The molecule has 1 unspecified atom stereocenters. The van der Waals surface area contributed by atoms with Gasteiger partial charge in [-0.3, -0.25) is 4.79 Å². The van der Waals surface area contributed by atoms with Crippen molar-refractivity contribution in [3.05, 3.63) is 36.3 Å². The number of pyridine rings is 1. The predicted octanol–water partition coefficient (Wildman–Crippen LogP) is 2.16. The molecule has 0 N–H and O–H groups in total. The summed E-state index contributed by atoms with van der Waals surface area (Å²) in [6, 6.07) is 5.33. The summed E-state index contributed by atoms with van der Waals surface area (Å²) < 4.78 is 11.1. The number of carbonyl (C=O) groups is 1. The minimum Gasteiger partial charge on any atom is -0.481 e. The van der Waals surface area contributed by atoms with E-state index in [1.54, 1.807) is 36.7 Å². The van der Waals surface area contributed by atoms with Gasteiger partial charge < -0.3 is 19.3 Å². The van der Waals surface area contributed by atoms with E-state index in [9.17, 15) is 4.79 Å². The topological polar surface area (TPSA) is 80.7 Å². The van der Waals surface area contributed by atoms with E-state index in [4.69, 9.17) is 9.47 Å². The molecule has 2 aromatic heterocycles. The number of carbonyl (C=O) groups excluding carboxylic acids is 1. The first-order chi connectivity index (χ1) is 13.7. The third-order valence-corrected chi connectivity index (χ3v) is 5.22. The second-order valence-electron chi connectivity index (χ2n) is 7.13. The number of rotatable bonds is 5. The van der Waals surface area contributed by atoms with Gasteiger partial charge in [0, 0.05) is 44.4 Å². The number of amides is 1. The number of hydrogen-bond acceptors (Lipinski definition) is 7. The largest absolute Gasteiger partial charge is 0.481 e. The van der Waals surface area contributed by atoms with Crippen LogP contribution in [0.5, 0.6) is 11.8 Å². The molecule has 2 aliphatic heterocycles. The third kappa shape index (κ3) is 4.16. The summed E-state index contributed by atoms with van der Waals surface area (Å²) in [5.74, 6) is 1.94.